The number of pyridine rings is 1. The summed E-state index contributed by atoms with van der Waals surface area (Å²) in [7, 11) is 0. The Morgan fingerprint density at radius 2 is 1.34 bits per heavy atom. The first-order valence-electron chi connectivity index (χ1n) is 13.1. The van der Waals surface area contributed by atoms with Gasteiger partial charge < -0.3 is 4.74 Å². The van der Waals surface area contributed by atoms with Gasteiger partial charge in [0.2, 0.25) is 0 Å². The molecule has 41 heavy (non-hydrogen) atoms. The van der Waals surface area contributed by atoms with Gasteiger partial charge in [-0.2, -0.15) is 0 Å². The second-order valence-electron chi connectivity index (χ2n) is 9.88. The highest BCUT2D eigenvalue weighted by atomic mass is 19.1. The molecule has 0 radical (unpaired) electrons. The van der Waals surface area contributed by atoms with Crippen molar-refractivity contribution < 1.29 is 23.1 Å². The second-order valence-corrected chi connectivity index (χ2v) is 9.88. The van der Waals surface area contributed by atoms with Crippen molar-refractivity contribution in [3.63, 3.8) is 0 Å². The molecule has 6 rings (SSSR count). The van der Waals surface area contributed by atoms with Crippen molar-refractivity contribution in [3.8, 4) is 39.4 Å². The van der Waals surface area contributed by atoms with Crippen LogP contribution in [0.4, 0.5) is 14.5 Å². The molecule has 0 fully saturated rings. The number of aryl methyl sites for hydroxylation is 1. The number of halogens is 2. The number of ketones is 1. The molecule has 2 heterocycles. The van der Waals surface area contributed by atoms with Crippen LogP contribution < -0.4 is 9.64 Å². The Balaban J connectivity index is 1.42. The Morgan fingerprint density at radius 3 is 2.02 bits per heavy atom. The number of Topliss-reactive ketones (excluding diaryl/α,β-unsaturated/α-hetero) is 1. The minimum atomic E-state index is -0.445. The van der Waals surface area contributed by atoms with Gasteiger partial charge >= 0.3 is 0 Å². The number of fused-ring (bicyclic) bond motifs is 1. The van der Waals surface area contributed by atoms with Crippen molar-refractivity contribution in [2.75, 3.05) is 18.1 Å². The summed E-state index contributed by atoms with van der Waals surface area (Å²) >= 11 is 0. The van der Waals surface area contributed by atoms with Crippen LogP contribution in [0.15, 0.2) is 103 Å². The summed E-state index contributed by atoms with van der Waals surface area (Å²) in [4.78, 5) is 32.2. The number of ether oxygens (including phenoxy) is 1. The van der Waals surface area contributed by atoms with Crippen molar-refractivity contribution in [2.45, 2.75) is 6.92 Å². The molecule has 1 aliphatic rings. The summed E-state index contributed by atoms with van der Waals surface area (Å²) in [6.45, 7) is 1.61. The minimum Gasteiger partial charge on any atom is -0.482 e. The fourth-order valence-corrected chi connectivity index (χ4v) is 4.77. The van der Waals surface area contributed by atoms with Crippen molar-refractivity contribution >= 4 is 17.4 Å². The average molecular weight is 547 g/mol. The van der Waals surface area contributed by atoms with E-state index in [1.165, 1.54) is 41.3 Å². The third-order valence-electron chi connectivity index (χ3n) is 7.02. The van der Waals surface area contributed by atoms with E-state index in [0.717, 1.165) is 22.3 Å². The highest BCUT2D eigenvalue weighted by Gasteiger charge is 2.28. The zero-order valence-electron chi connectivity index (χ0n) is 22.1. The van der Waals surface area contributed by atoms with E-state index in [4.69, 9.17) is 9.72 Å². The molecule has 0 saturated heterocycles. The molecule has 0 unspecified atom stereocenters. The Labute approximate surface area is 235 Å². The zero-order chi connectivity index (χ0) is 28.5. The van der Waals surface area contributed by atoms with Gasteiger partial charge in [0.15, 0.2) is 12.4 Å². The normalized spacial score (nSPS) is 12.6. The smallest absolute Gasteiger partial charge is 0.265 e. The van der Waals surface area contributed by atoms with Gasteiger partial charge in [0.25, 0.3) is 5.91 Å². The molecule has 5 aromatic rings. The van der Waals surface area contributed by atoms with Gasteiger partial charge in [-0.15, -0.1) is 0 Å². The number of carbonyl (C=O) groups is 2. The van der Waals surface area contributed by atoms with Gasteiger partial charge in [0.1, 0.15) is 17.4 Å². The topological polar surface area (TPSA) is 59.5 Å². The van der Waals surface area contributed by atoms with Crippen LogP contribution in [0.1, 0.15) is 15.9 Å². The van der Waals surface area contributed by atoms with E-state index in [2.05, 4.69) is 0 Å². The minimum absolute atomic E-state index is 0.196. The first-order chi connectivity index (χ1) is 19.8. The molecule has 1 aromatic heterocycles. The van der Waals surface area contributed by atoms with Crippen LogP contribution in [-0.2, 0) is 4.79 Å². The lowest BCUT2D eigenvalue weighted by molar-refractivity contribution is -0.121. The molecular weight excluding hydrogens is 522 g/mol. The number of rotatable bonds is 6. The molecule has 0 spiro atoms. The summed E-state index contributed by atoms with van der Waals surface area (Å²) in [6.07, 6.45) is 0. The lowest BCUT2D eigenvalue weighted by Gasteiger charge is -2.29. The van der Waals surface area contributed by atoms with E-state index in [-0.39, 0.29) is 30.7 Å². The number of hydrogen-bond donors (Lipinski definition) is 0. The predicted molar refractivity (Wildman–Crippen MR) is 154 cm³/mol. The standard InChI is InChI=1S/C34H24F2N2O3/c1-21-2-4-22(5-3-21)26-16-29(23-6-11-27(35)12-7-23)37-30(17-26)25-10-15-33-31(18-25)38(34(40)20-41-33)19-32(39)24-8-13-28(36)14-9-24/h2-18H,19-20H2,1H3. The summed E-state index contributed by atoms with van der Waals surface area (Å²) in [5.41, 5.74) is 6.55. The van der Waals surface area contributed by atoms with E-state index in [1.54, 1.807) is 24.3 Å². The maximum absolute atomic E-state index is 13.7. The van der Waals surface area contributed by atoms with Crippen molar-refractivity contribution in [3.05, 3.63) is 126 Å². The summed E-state index contributed by atoms with van der Waals surface area (Å²) in [5.74, 6) is -1.00. The summed E-state index contributed by atoms with van der Waals surface area (Å²) in [6, 6.07) is 28.8. The molecular formula is C34H24F2N2O3. The molecule has 0 saturated carbocycles. The number of nitrogens with zero attached hydrogens (tertiary/aromatic N) is 2. The molecule has 7 heteroatoms. The van der Waals surface area contributed by atoms with Gasteiger partial charge in [-0.3, -0.25) is 14.5 Å². The van der Waals surface area contributed by atoms with E-state index in [0.29, 0.717) is 34.0 Å². The van der Waals surface area contributed by atoms with Gasteiger partial charge in [-0.05, 0) is 96.9 Å². The Kier molecular flexibility index (Phi) is 6.85. The van der Waals surface area contributed by atoms with Crippen LogP contribution in [0.2, 0.25) is 0 Å². The fraction of sp³-hybridized carbons (Fsp3) is 0.0882. The highest BCUT2D eigenvalue weighted by Crippen LogP contribution is 2.37. The Bertz CT molecular complexity index is 1700. The van der Waals surface area contributed by atoms with E-state index >= 15 is 0 Å². The maximum Gasteiger partial charge on any atom is 0.265 e. The van der Waals surface area contributed by atoms with Crippen LogP contribution in [0, 0.1) is 18.6 Å². The number of benzene rings is 4. The molecule has 0 aliphatic carbocycles. The van der Waals surface area contributed by atoms with Gasteiger partial charge in [-0.1, -0.05) is 29.8 Å². The van der Waals surface area contributed by atoms with Crippen LogP contribution >= 0.6 is 0 Å². The molecule has 1 amide bonds. The van der Waals surface area contributed by atoms with E-state index in [9.17, 15) is 18.4 Å². The van der Waals surface area contributed by atoms with Gasteiger partial charge in [0, 0.05) is 16.7 Å². The van der Waals surface area contributed by atoms with E-state index in [1.807, 2.05) is 49.4 Å². The number of anilines is 1. The molecule has 202 valence electrons. The Hall–Kier alpha value is -5.17. The quantitative estimate of drug-likeness (QED) is 0.210. The van der Waals surface area contributed by atoms with Crippen molar-refractivity contribution in [2.24, 2.45) is 0 Å². The average Bonchev–Trinajstić information content (AvgIpc) is 2.99. The van der Waals surface area contributed by atoms with Gasteiger partial charge in [-0.25, -0.2) is 13.8 Å². The number of aromatic nitrogens is 1. The highest BCUT2D eigenvalue weighted by molar-refractivity contribution is 6.07. The molecule has 0 atom stereocenters. The SMILES string of the molecule is Cc1ccc(-c2cc(-c3ccc(F)cc3)nc(-c3ccc4c(c3)N(CC(=O)c3ccc(F)cc3)C(=O)CO4)c2)cc1. The van der Waals surface area contributed by atoms with E-state index < -0.39 is 5.82 Å². The number of amides is 1. The first kappa shape index (κ1) is 26.1. The maximum atomic E-state index is 13.7. The Morgan fingerprint density at radius 1 is 0.756 bits per heavy atom. The lowest BCUT2D eigenvalue weighted by atomic mass is 9.99. The van der Waals surface area contributed by atoms with Crippen molar-refractivity contribution in [1.29, 1.82) is 0 Å². The third kappa shape index (κ3) is 5.47. The predicted octanol–water partition coefficient (Wildman–Crippen LogP) is 7.28. The van der Waals surface area contributed by atoms with Crippen LogP contribution in [0.3, 0.4) is 0 Å². The van der Waals surface area contributed by atoms with Crippen LogP contribution in [-0.4, -0.2) is 29.8 Å². The largest absolute Gasteiger partial charge is 0.482 e. The molecule has 1 aliphatic heterocycles. The van der Waals surface area contributed by atoms with Gasteiger partial charge in [0.05, 0.1) is 23.6 Å². The zero-order valence-corrected chi connectivity index (χ0v) is 22.1. The summed E-state index contributed by atoms with van der Waals surface area (Å²) in [5, 5.41) is 0. The number of carbonyl (C=O) groups excluding carboxylic acids is 2. The third-order valence-corrected chi connectivity index (χ3v) is 7.02. The van der Waals surface area contributed by atoms with Crippen molar-refractivity contribution in [1.82, 2.24) is 4.98 Å². The van der Waals surface area contributed by atoms with Crippen LogP contribution in [0.25, 0.3) is 33.6 Å². The molecule has 5 nitrogen and oxygen atoms in total. The second kappa shape index (κ2) is 10.8. The number of hydrogen-bond acceptors (Lipinski definition) is 4. The van der Waals surface area contributed by atoms with Crippen LogP contribution in [0.5, 0.6) is 5.75 Å². The summed E-state index contributed by atoms with van der Waals surface area (Å²) < 4.78 is 32.7. The molecule has 4 aromatic carbocycles. The molecule has 0 N–H and O–H groups in total. The monoisotopic (exact) mass is 546 g/mol. The lowest BCUT2D eigenvalue weighted by Crippen LogP contribution is -2.42. The fourth-order valence-electron chi connectivity index (χ4n) is 4.77. The first-order valence-corrected chi connectivity index (χ1v) is 13.1. The molecule has 0 bridgehead atoms.